The summed E-state index contributed by atoms with van der Waals surface area (Å²) >= 11 is 0. The third-order valence-corrected chi connectivity index (χ3v) is 4.74. The lowest BCUT2D eigenvalue weighted by Crippen LogP contribution is -2.47. The fraction of sp³-hybridized carbons (Fsp3) is 0.208. The second-order valence-corrected chi connectivity index (χ2v) is 6.74. The Labute approximate surface area is 161 Å². The number of aryl methyl sites for hydroxylation is 1. The highest BCUT2D eigenvalue weighted by Crippen LogP contribution is 2.24. The van der Waals surface area contributed by atoms with Crippen molar-refractivity contribution in [2.24, 2.45) is 0 Å². The SMILES string of the molecule is N#C[C@@](O)(CCc1ccccc1)N(Cc1ccccc1)Cc1ccccc1. The van der Waals surface area contributed by atoms with Gasteiger partial charge in [0.1, 0.15) is 6.07 Å². The third-order valence-electron chi connectivity index (χ3n) is 4.74. The molecule has 1 atom stereocenters. The van der Waals surface area contributed by atoms with Crippen molar-refractivity contribution in [1.29, 1.82) is 5.26 Å². The summed E-state index contributed by atoms with van der Waals surface area (Å²) in [5, 5.41) is 21.1. The molecule has 0 saturated heterocycles. The minimum atomic E-state index is -1.54. The highest BCUT2D eigenvalue weighted by Gasteiger charge is 2.34. The predicted molar refractivity (Wildman–Crippen MR) is 107 cm³/mol. The zero-order chi connectivity index (χ0) is 19.0. The Kier molecular flexibility index (Phi) is 6.38. The molecule has 0 bridgehead atoms. The van der Waals surface area contributed by atoms with Gasteiger partial charge in [0.2, 0.25) is 5.72 Å². The first kappa shape index (κ1) is 18.8. The first-order valence-corrected chi connectivity index (χ1v) is 9.20. The van der Waals surface area contributed by atoms with E-state index in [9.17, 15) is 10.4 Å². The van der Waals surface area contributed by atoms with Crippen molar-refractivity contribution >= 4 is 0 Å². The number of benzene rings is 3. The first-order chi connectivity index (χ1) is 13.2. The molecule has 0 radical (unpaired) electrons. The number of hydrogen-bond acceptors (Lipinski definition) is 3. The molecule has 3 aromatic rings. The van der Waals surface area contributed by atoms with Gasteiger partial charge in [-0.2, -0.15) is 5.26 Å². The summed E-state index contributed by atoms with van der Waals surface area (Å²) in [5.41, 5.74) is 1.72. The van der Waals surface area contributed by atoms with Crippen molar-refractivity contribution < 1.29 is 5.11 Å². The van der Waals surface area contributed by atoms with Gasteiger partial charge in [0.25, 0.3) is 0 Å². The quantitative estimate of drug-likeness (QED) is 0.476. The van der Waals surface area contributed by atoms with Crippen LogP contribution < -0.4 is 0 Å². The topological polar surface area (TPSA) is 47.3 Å². The van der Waals surface area contributed by atoms with E-state index in [1.54, 1.807) is 0 Å². The maximum atomic E-state index is 11.2. The molecule has 0 fully saturated rings. The molecule has 3 nitrogen and oxygen atoms in total. The highest BCUT2D eigenvalue weighted by atomic mass is 16.3. The number of rotatable bonds is 8. The van der Waals surface area contributed by atoms with Gasteiger partial charge in [0.05, 0.1) is 0 Å². The zero-order valence-corrected chi connectivity index (χ0v) is 15.3. The highest BCUT2D eigenvalue weighted by molar-refractivity contribution is 5.20. The van der Waals surface area contributed by atoms with E-state index >= 15 is 0 Å². The Morgan fingerprint density at radius 1 is 0.704 bits per heavy atom. The molecule has 136 valence electrons. The molecule has 0 aromatic heterocycles. The van der Waals surface area contributed by atoms with Gasteiger partial charge in [-0.15, -0.1) is 0 Å². The van der Waals surface area contributed by atoms with E-state index in [4.69, 9.17) is 0 Å². The molecule has 0 spiro atoms. The second-order valence-electron chi connectivity index (χ2n) is 6.74. The van der Waals surface area contributed by atoms with E-state index < -0.39 is 5.72 Å². The molecular formula is C24H24N2O. The van der Waals surface area contributed by atoms with Crippen molar-refractivity contribution in [2.75, 3.05) is 0 Å². The van der Waals surface area contributed by atoms with E-state index in [2.05, 4.69) is 6.07 Å². The van der Waals surface area contributed by atoms with Crippen LogP contribution in [-0.2, 0) is 19.5 Å². The molecule has 1 N–H and O–H groups in total. The molecule has 0 saturated carbocycles. The van der Waals surface area contributed by atoms with Crippen LogP contribution in [0, 0.1) is 11.3 Å². The van der Waals surface area contributed by atoms with Crippen LogP contribution in [-0.4, -0.2) is 15.7 Å². The van der Waals surface area contributed by atoms with E-state index in [0.717, 1.165) is 16.7 Å². The predicted octanol–water partition coefficient (Wildman–Crippen LogP) is 4.53. The number of aliphatic hydroxyl groups is 1. The van der Waals surface area contributed by atoms with Crippen molar-refractivity contribution in [2.45, 2.75) is 31.7 Å². The van der Waals surface area contributed by atoms with Crippen molar-refractivity contribution in [3.63, 3.8) is 0 Å². The Hall–Kier alpha value is -2.93. The molecule has 3 aromatic carbocycles. The van der Waals surface area contributed by atoms with Gasteiger partial charge in [-0.05, 0) is 23.1 Å². The molecule has 0 aliphatic heterocycles. The minimum Gasteiger partial charge on any atom is -0.363 e. The summed E-state index contributed by atoms with van der Waals surface area (Å²) in [4.78, 5) is 1.86. The molecule has 0 aliphatic carbocycles. The van der Waals surface area contributed by atoms with Crippen molar-refractivity contribution in [3.05, 3.63) is 108 Å². The van der Waals surface area contributed by atoms with Crippen LogP contribution in [0.4, 0.5) is 0 Å². The number of nitriles is 1. The molecule has 3 rings (SSSR count). The maximum Gasteiger partial charge on any atom is 0.208 e. The fourth-order valence-corrected chi connectivity index (χ4v) is 3.17. The van der Waals surface area contributed by atoms with E-state index in [0.29, 0.717) is 25.9 Å². The van der Waals surface area contributed by atoms with Gasteiger partial charge >= 0.3 is 0 Å². The van der Waals surface area contributed by atoms with Crippen LogP contribution in [0.2, 0.25) is 0 Å². The lowest BCUT2D eigenvalue weighted by Gasteiger charge is -2.35. The molecule has 0 heterocycles. The van der Waals surface area contributed by atoms with Crippen molar-refractivity contribution in [1.82, 2.24) is 4.90 Å². The van der Waals surface area contributed by atoms with Gasteiger partial charge in [0.15, 0.2) is 0 Å². The number of hydrogen-bond donors (Lipinski definition) is 1. The van der Waals surface area contributed by atoms with Gasteiger partial charge in [-0.25, -0.2) is 0 Å². The molecule has 0 unspecified atom stereocenters. The third kappa shape index (κ3) is 5.27. The molecule has 3 heteroatoms. The van der Waals surface area contributed by atoms with Gasteiger partial charge in [0, 0.05) is 19.5 Å². The van der Waals surface area contributed by atoms with E-state index in [1.165, 1.54) is 0 Å². The van der Waals surface area contributed by atoms with Crippen LogP contribution in [0.5, 0.6) is 0 Å². The summed E-state index contributed by atoms with van der Waals surface area (Å²) < 4.78 is 0. The van der Waals surface area contributed by atoms with Crippen LogP contribution >= 0.6 is 0 Å². The zero-order valence-electron chi connectivity index (χ0n) is 15.3. The van der Waals surface area contributed by atoms with E-state index in [-0.39, 0.29) is 0 Å². The van der Waals surface area contributed by atoms with Crippen LogP contribution in [0.25, 0.3) is 0 Å². The van der Waals surface area contributed by atoms with Crippen LogP contribution in [0.15, 0.2) is 91.0 Å². The summed E-state index contributed by atoms with van der Waals surface area (Å²) in [6.07, 6.45) is 0.998. The summed E-state index contributed by atoms with van der Waals surface area (Å²) in [6.45, 7) is 1.02. The molecule has 0 amide bonds. The summed E-state index contributed by atoms with van der Waals surface area (Å²) in [7, 11) is 0. The maximum absolute atomic E-state index is 11.2. The Morgan fingerprint density at radius 3 is 1.52 bits per heavy atom. The second kappa shape index (κ2) is 9.14. The summed E-state index contributed by atoms with van der Waals surface area (Å²) in [6, 6.07) is 32.1. The Bertz CT molecular complexity index is 818. The molecule has 0 aliphatic rings. The minimum absolute atomic E-state index is 0.354. The Balaban J connectivity index is 1.82. The average molecular weight is 356 g/mol. The normalized spacial score (nSPS) is 13.1. The van der Waals surface area contributed by atoms with Gasteiger partial charge in [-0.3, -0.25) is 4.90 Å². The van der Waals surface area contributed by atoms with Crippen LogP contribution in [0.1, 0.15) is 23.1 Å². The lowest BCUT2D eigenvalue weighted by molar-refractivity contribution is -0.0780. The van der Waals surface area contributed by atoms with E-state index in [1.807, 2.05) is 95.9 Å². The molecular weight excluding hydrogens is 332 g/mol. The van der Waals surface area contributed by atoms with Gasteiger partial charge < -0.3 is 5.11 Å². The van der Waals surface area contributed by atoms with Crippen molar-refractivity contribution in [3.8, 4) is 6.07 Å². The average Bonchev–Trinajstić information content (AvgIpc) is 2.74. The van der Waals surface area contributed by atoms with Gasteiger partial charge in [-0.1, -0.05) is 91.0 Å². The summed E-state index contributed by atoms with van der Waals surface area (Å²) in [5.74, 6) is 0. The Morgan fingerprint density at radius 2 is 1.11 bits per heavy atom. The monoisotopic (exact) mass is 356 g/mol. The smallest absolute Gasteiger partial charge is 0.208 e. The fourth-order valence-electron chi connectivity index (χ4n) is 3.17. The molecule has 27 heavy (non-hydrogen) atoms. The standard InChI is InChI=1S/C24H24N2O/c25-20-24(27,17-16-21-10-4-1-5-11-21)26(18-22-12-6-2-7-13-22)19-23-14-8-3-9-15-23/h1-15,27H,16-19H2/t24-/m0/s1. The first-order valence-electron chi connectivity index (χ1n) is 9.20. The number of nitrogens with zero attached hydrogens (tertiary/aromatic N) is 2. The lowest BCUT2D eigenvalue weighted by atomic mass is 10.00. The van der Waals surface area contributed by atoms with Crippen LogP contribution in [0.3, 0.4) is 0 Å². The largest absolute Gasteiger partial charge is 0.363 e.